The van der Waals surface area contributed by atoms with Crippen LogP contribution in [0, 0.1) is 5.82 Å². The minimum Gasteiger partial charge on any atom is -0.503 e. The van der Waals surface area contributed by atoms with Gasteiger partial charge in [-0.05, 0) is 59.5 Å². The molecule has 186 valence electrons. The van der Waals surface area contributed by atoms with Crippen LogP contribution in [0.2, 0.25) is 0 Å². The number of H-pyrrole nitrogens is 1. The van der Waals surface area contributed by atoms with Crippen LogP contribution in [0.5, 0.6) is 5.75 Å². The van der Waals surface area contributed by atoms with Gasteiger partial charge in [0.2, 0.25) is 0 Å². The van der Waals surface area contributed by atoms with Crippen molar-refractivity contribution < 1.29 is 23.8 Å². The summed E-state index contributed by atoms with van der Waals surface area (Å²) in [6.07, 6.45) is 5.26. The molecule has 3 aromatic carbocycles. The van der Waals surface area contributed by atoms with Gasteiger partial charge in [0.15, 0.2) is 11.5 Å². The molecule has 4 aromatic rings. The van der Waals surface area contributed by atoms with E-state index in [1.165, 1.54) is 29.2 Å². The van der Waals surface area contributed by atoms with E-state index in [4.69, 9.17) is 4.74 Å². The summed E-state index contributed by atoms with van der Waals surface area (Å²) in [5.41, 5.74) is 3.02. The Morgan fingerprint density at radius 2 is 1.92 bits per heavy atom. The van der Waals surface area contributed by atoms with Gasteiger partial charge in [-0.25, -0.2) is 4.39 Å². The highest BCUT2D eigenvalue weighted by Gasteiger charge is 2.42. The number of amides is 1. The summed E-state index contributed by atoms with van der Waals surface area (Å²) in [4.78, 5) is 31.1. The summed E-state index contributed by atoms with van der Waals surface area (Å²) in [6.45, 7) is 0.202. The molecule has 0 fully saturated rings. The Labute approximate surface area is 213 Å². The molecule has 2 N–H and O–H groups in total. The highest BCUT2D eigenvalue weighted by Crippen LogP contribution is 2.38. The van der Waals surface area contributed by atoms with Gasteiger partial charge >= 0.3 is 0 Å². The van der Waals surface area contributed by atoms with Gasteiger partial charge in [-0.1, -0.05) is 48.5 Å². The highest BCUT2D eigenvalue weighted by atomic mass is 19.1. The van der Waals surface area contributed by atoms with Crippen LogP contribution in [0.1, 0.15) is 22.7 Å². The first-order valence-electron chi connectivity index (χ1n) is 11.9. The number of aliphatic hydroxyl groups is 1. The molecule has 1 aromatic heterocycles. The molecule has 0 radical (unpaired) electrons. The van der Waals surface area contributed by atoms with Crippen LogP contribution in [0.4, 0.5) is 4.39 Å². The van der Waals surface area contributed by atoms with Crippen molar-refractivity contribution >= 4 is 28.7 Å². The Morgan fingerprint density at radius 3 is 2.68 bits per heavy atom. The Bertz CT molecular complexity index is 1540. The molecule has 1 unspecified atom stereocenters. The van der Waals surface area contributed by atoms with Crippen LogP contribution in [0.15, 0.2) is 96.4 Å². The maximum absolute atomic E-state index is 14.2. The minimum atomic E-state index is -0.920. The number of hydrogen-bond donors (Lipinski definition) is 2. The van der Waals surface area contributed by atoms with E-state index in [2.05, 4.69) is 4.98 Å². The van der Waals surface area contributed by atoms with Crippen LogP contribution in [-0.2, 0) is 16.0 Å². The molecule has 0 spiro atoms. The number of halogens is 1. The molecule has 1 aliphatic rings. The van der Waals surface area contributed by atoms with Crippen molar-refractivity contribution in [3.63, 3.8) is 0 Å². The molecule has 0 aliphatic carbocycles. The molecule has 6 nitrogen and oxygen atoms in total. The monoisotopic (exact) mass is 496 g/mol. The van der Waals surface area contributed by atoms with Crippen molar-refractivity contribution in [3.05, 3.63) is 119 Å². The van der Waals surface area contributed by atoms with Crippen LogP contribution >= 0.6 is 0 Å². The van der Waals surface area contributed by atoms with Gasteiger partial charge in [0.1, 0.15) is 11.6 Å². The second-order valence-electron chi connectivity index (χ2n) is 8.80. The Morgan fingerprint density at radius 1 is 1.11 bits per heavy atom. The Hall–Kier alpha value is -4.65. The van der Waals surface area contributed by atoms with Crippen molar-refractivity contribution in [1.82, 2.24) is 9.88 Å². The van der Waals surface area contributed by atoms with Crippen molar-refractivity contribution in [3.8, 4) is 5.75 Å². The molecule has 0 saturated carbocycles. The lowest BCUT2D eigenvalue weighted by Gasteiger charge is -2.26. The topological polar surface area (TPSA) is 82.6 Å². The van der Waals surface area contributed by atoms with E-state index in [9.17, 15) is 19.1 Å². The normalized spacial score (nSPS) is 15.8. The number of methoxy groups -OCH3 is 1. The molecule has 1 amide bonds. The van der Waals surface area contributed by atoms with E-state index in [-0.39, 0.29) is 12.1 Å². The van der Waals surface area contributed by atoms with Gasteiger partial charge in [-0.2, -0.15) is 0 Å². The molecule has 37 heavy (non-hydrogen) atoms. The molecule has 2 heterocycles. The molecular weight excluding hydrogens is 471 g/mol. The number of rotatable bonds is 8. The Kier molecular flexibility index (Phi) is 6.60. The fourth-order valence-electron chi connectivity index (χ4n) is 4.72. The second-order valence-corrected chi connectivity index (χ2v) is 8.80. The van der Waals surface area contributed by atoms with Gasteiger partial charge in [-0.15, -0.1) is 0 Å². The maximum atomic E-state index is 14.2. The predicted octanol–water partition coefficient (Wildman–Crippen LogP) is 5.54. The predicted molar refractivity (Wildman–Crippen MR) is 140 cm³/mol. The summed E-state index contributed by atoms with van der Waals surface area (Å²) in [7, 11) is 1.60. The van der Waals surface area contributed by atoms with Gasteiger partial charge < -0.3 is 19.7 Å². The average molecular weight is 497 g/mol. The quantitative estimate of drug-likeness (QED) is 0.314. The van der Waals surface area contributed by atoms with E-state index >= 15 is 0 Å². The number of carbonyl (C=O) groups is 2. The summed E-state index contributed by atoms with van der Waals surface area (Å²) in [5.74, 6) is -1.57. The first-order valence-corrected chi connectivity index (χ1v) is 11.9. The minimum absolute atomic E-state index is 0.0663. The standard InChI is InChI=1S/C30H25FN2O4/c1-37-23-11-12-25-24(17-23)21(18-32-25)14-15-33-28(20-8-5-9-22(31)16-20)27(29(35)30(33)36)26(34)13-10-19-6-3-2-4-7-19/h2-13,16-18,28,32,35H,14-15H2,1H3/b13-10+. The molecular formula is C30H25FN2O4. The molecule has 0 saturated heterocycles. The zero-order chi connectivity index (χ0) is 25.9. The van der Waals surface area contributed by atoms with Gasteiger partial charge in [-0.3, -0.25) is 9.59 Å². The smallest absolute Gasteiger partial charge is 0.290 e. The van der Waals surface area contributed by atoms with E-state index in [1.807, 2.05) is 54.7 Å². The lowest BCUT2D eigenvalue weighted by Crippen LogP contribution is -2.33. The first-order chi connectivity index (χ1) is 18.0. The van der Waals surface area contributed by atoms with E-state index in [0.29, 0.717) is 17.7 Å². The third-order valence-corrected chi connectivity index (χ3v) is 6.56. The largest absolute Gasteiger partial charge is 0.503 e. The highest BCUT2D eigenvalue weighted by molar-refractivity contribution is 6.14. The molecule has 0 bridgehead atoms. The van der Waals surface area contributed by atoms with Crippen molar-refractivity contribution in [2.45, 2.75) is 12.5 Å². The number of ketones is 1. The number of aromatic amines is 1. The number of benzene rings is 3. The summed E-state index contributed by atoms with van der Waals surface area (Å²) < 4.78 is 19.5. The van der Waals surface area contributed by atoms with Crippen LogP contribution in [0.25, 0.3) is 17.0 Å². The molecule has 1 aliphatic heterocycles. The first kappa shape index (κ1) is 24.1. The van der Waals surface area contributed by atoms with E-state index in [0.717, 1.165) is 22.0 Å². The number of aliphatic hydroxyl groups excluding tert-OH is 1. The number of nitrogens with one attached hydrogen (secondary N) is 1. The molecule has 1 atom stereocenters. The van der Waals surface area contributed by atoms with Crippen molar-refractivity contribution in [2.75, 3.05) is 13.7 Å². The summed E-state index contributed by atoms with van der Waals surface area (Å²) >= 11 is 0. The number of allylic oxidation sites excluding steroid dienone is 1. The second kappa shape index (κ2) is 10.1. The molecule has 5 rings (SSSR count). The fourth-order valence-corrected chi connectivity index (χ4v) is 4.72. The fraction of sp³-hybridized carbons (Fsp3) is 0.133. The van der Waals surface area contributed by atoms with Crippen LogP contribution < -0.4 is 4.74 Å². The lowest BCUT2D eigenvalue weighted by atomic mass is 9.95. The molecule has 7 heteroatoms. The Balaban J connectivity index is 1.47. The van der Waals surface area contributed by atoms with Gasteiger partial charge in [0.05, 0.1) is 18.7 Å². The third-order valence-electron chi connectivity index (χ3n) is 6.56. The van der Waals surface area contributed by atoms with Gasteiger partial charge in [0, 0.05) is 23.6 Å². The third kappa shape index (κ3) is 4.76. The summed E-state index contributed by atoms with van der Waals surface area (Å²) in [6, 6.07) is 19.8. The number of ether oxygens (including phenoxy) is 1. The van der Waals surface area contributed by atoms with E-state index < -0.39 is 29.3 Å². The SMILES string of the molecule is COc1ccc2[nH]cc(CCN3C(=O)C(O)=C(C(=O)/C=C/c4ccccc4)C3c3cccc(F)c3)c2c1. The number of carbonyl (C=O) groups excluding carboxylic acids is 2. The lowest BCUT2D eigenvalue weighted by molar-refractivity contribution is -0.129. The number of nitrogens with zero attached hydrogens (tertiary/aromatic N) is 1. The number of hydrogen-bond acceptors (Lipinski definition) is 4. The number of fused-ring (bicyclic) bond motifs is 1. The zero-order valence-corrected chi connectivity index (χ0v) is 20.1. The number of aromatic nitrogens is 1. The van der Waals surface area contributed by atoms with Gasteiger partial charge in [0.25, 0.3) is 5.91 Å². The van der Waals surface area contributed by atoms with E-state index in [1.54, 1.807) is 19.3 Å². The van der Waals surface area contributed by atoms with Crippen molar-refractivity contribution in [2.24, 2.45) is 0 Å². The maximum Gasteiger partial charge on any atom is 0.290 e. The van der Waals surface area contributed by atoms with Crippen LogP contribution in [0.3, 0.4) is 0 Å². The average Bonchev–Trinajstić information content (AvgIpc) is 3.44. The van der Waals surface area contributed by atoms with Crippen LogP contribution in [-0.4, -0.2) is 40.3 Å². The van der Waals surface area contributed by atoms with Crippen molar-refractivity contribution in [1.29, 1.82) is 0 Å². The summed E-state index contributed by atoms with van der Waals surface area (Å²) in [5, 5.41) is 11.8. The zero-order valence-electron chi connectivity index (χ0n) is 20.1.